The Kier molecular flexibility index (Phi) is 3.06. The summed E-state index contributed by atoms with van der Waals surface area (Å²) in [5, 5.41) is 15.6. The minimum absolute atomic E-state index is 0.0371. The van der Waals surface area contributed by atoms with Gasteiger partial charge in [0.15, 0.2) is 0 Å². The van der Waals surface area contributed by atoms with Crippen molar-refractivity contribution < 1.29 is 9.66 Å². The smallest absolute Gasteiger partial charge is 0.270 e. The summed E-state index contributed by atoms with van der Waals surface area (Å²) in [7, 11) is 3.37. The Hall–Kier alpha value is -2.89. The molecule has 3 aromatic rings. The normalized spacial score (nSPS) is 10.8. The van der Waals surface area contributed by atoms with Gasteiger partial charge in [0, 0.05) is 24.6 Å². The van der Waals surface area contributed by atoms with Gasteiger partial charge in [0.2, 0.25) is 0 Å². The van der Waals surface area contributed by atoms with Crippen LogP contribution in [-0.4, -0.2) is 24.1 Å². The molecule has 6 nitrogen and oxygen atoms in total. The van der Waals surface area contributed by atoms with Gasteiger partial charge in [-0.25, -0.2) is 4.98 Å². The molecule has 1 N–H and O–H groups in total. The van der Waals surface area contributed by atoms with Crippen LogP contribution in [0.25, 0.3) is 21.8 Å². The number of fused-ring (bicyclic) bond motifs is 2. The molecule has 21 heavy (non-hydrogen) atoms. The van der Waals surface area contributed by atoms with Crippen molar-refractivity contribution in [1.82, 2.24) is 4.98 Å². The number of aromatic nitrogens is 1. The van der Waals surface area contributed by atoms with Crippen LogP contribution < -0.4 is 10.1 Å². The molecule has 106 valence electrons. The van der Waals surface area contributed by atoms with Gasteiger partial charge in [0.1, 0.15) is 5.75 Å². The van der Waals surface area contributed by atoms with E-state index >= 15 is 0 Å². The number of non-ortho nitro benzene ring substituents is 1. The Labute approximate surface area is 120 Å². The van der Waals surface area contributed by atoms with Crippen LogP contribution in [0.15, 0.2) is 36.4 Å². The van der Waals surface area contributed by atoms with E-state index in [2.05, 4.69) is 10.3 Å². The van der Waals surface area contributed by atoms with Crippen molar-refractivity contribution >= 4 is 33.2 Å². The molecule has 0 atom stereocenters. The Morgan fingerprint density at radius 1 is 1.24 bits per heavy atom. The summed E-state index contributed by atoms with van der Waals surface area (Å²) in [6.07, 6.45) is 0. The lowest BCUT2D eigenvalue weighted by Gasteiger charge is -2.13. The van der Waals surface area contributed by atoms with Crippen molar-refractivity contribution in [2.24, 2.45) is 0 Å². The van der Waals surface area contributed by atoms with E-state index in [4.69, 9.17) is 4.74 Å². The first kappa shape index (κ1) is 13.1. The average Bonchev–Trinajstić information content (AvgIpc) is 2.51. The highest BCUT2D eigenvalue weighted by Crippen LogP contribution is 2.37. The first-order valence-electron chi connectivity index (χ1n) is 6.38. The minimum Gasteiger partial charge on any atom is -0.496 e. The van der Waals surface area contributed by atoms with Crippen molar-refractivity contribution in [3.63, 3.8) is 0 Å². The van der Waals surface area contributed by atoms with Crippen LogP contribution in [0, 0.1) is 10.1 Å². The molecule has 0 aliphatic heterocycles. The number of rotatable bonds is 3. The Balaban J connectivity index is 2.48. The number of hydrogen-bond donors (Lipinski definition) is 1. The molecule has 0 amide bonds. The number of nitro groups is 1. The van der Waals surface area contributed by atoms with Crippen LogP contribution in [0.4, 0.5) is 11.4 Å². The molecule has 0 saturated heterocycles. The maximum atomic E-state index is 11.0. The third-order valence-corrected chi connectivity index (χ3v) is 3.43. The Morgan fingerprint density at radius 3 is 2.71 bits per heavy atom. The lowest BCUT2D eigenvalue weighted by atomic mass is 10.1. The molecule has 0 saturated carbocycles. The third kappa shape index (κ3) is 2.01. The number of methoxy groups -OCH3 is 1. The monoisotopic (exact) mass is 283 g/mol. The lowest BCUT2D eigenvalue weighted by molar-refractivity contribution is -0.384. The first-order valence-corrected chi connectivity index (χ1v) is 6.38. The number of nitro benzene ring substituents is 1. The van der Waals surface area contributed by atoms with E-state index in [-0.39, 0.29) is 5.69 Å². The molecule has 1 heterocycles. The second-order valence-electron chi connectivity index (χ2n) is 4.55. The average molecular weight is 283 g/mol. The van der Waals surface area contributed by atoms with Crippen LogP contribution in [0.3, 0.4) is 0 Å². The molecule has 6 heteroatoms. The van der Waals surface area contributed by atoms with Gasteiger partial charge in [0.25, 0.3) is 5.69 Å². The number of anilines is 1. The summed E-state index contributed by atoms with van der Waals surface area (Å²) in [6, 6.07) is 10.2. The van der Waals surface area contributed by atoms with Gasteiger partial charge in [-0.2, -0.15) is 0 Å². The van der Waals surface area contributed by atoms with Crippen molar-refractivity contribution in [3.05, 3.63) is 46.5 Å². The van der Waals surface area contributed by atoms with Crippen LogP contribution in [-0.2, 0) is 0 Å². The summed E-state index contributed by atoms with van der Waals surface area (Å²) in [4.78, 5) is 15.1. The van der Waals surface area contributed by atoms with Gasteiger partial charge in [-0.1, -0.05) is 6.07 Å². The number of nitrogens with zero attached hydrogens (tertiary/aromatic N) is 2. The minimum atomic E-state index is -0.411. The second kappa shape index (κ2) is 4.90. The van der Waals surface area contributed by atoms with Crippen molar-refractivity contribution in [1.29, 1.82) is 0 Å². The van der Waals surface area contributed by atoms with E-state index in [9.17, 15) is 10.1 Å². The predicted molar refractivity (Wildman–Crippen MR) is 82.0 cm³/mol. The van der Waals surface area contributed by atoms with E-state index in [0.717, 1.165) is 16.6 Å². The summed E-state index contributed by atoms with van der Waals surface area (Å²) in [5.41, 5.74) is 2.29. The van der Waals surface area contributed by atoms with Gasteiger partial charge in [-0.3, -0.25) is 10.1 Å². The summed E-state index contributed by atoms with van der Waals surface area (Å²) < 4.78 is 5.38. The Morgan fingerprint density at radius 2 is 2.05 bits per heavy atom. The molecule has 0 bridgehead atoms. The summed E-state index contributed by atoms with van der Waals surface area (Å²) >= 11 is 0. The molecule has 0 fully saturated rings. The highest BCUT2D eigenvalue weighted by molar-refractivity contribution is 6.10. The molecule has 0 spiro atoms. The molecule has 2 aromatic carbocycles. The number of pyridine rings is 1. The molecular formula is C15H13N3O3. The zero-order valence-electron chi connectivity index (χ0n) is 11.6. The fourth-order valence-corrected chi connectivity index (χ4v) is 2.49. The van der Waals surface area contributed by atoms with Crippen molar-refractivity contribution in [3.8, 4) is 5.75 Å². The first-order chi connectivity index (χ1) is 10.2. The maximum Gasteiger partial charge on any atom is 0.270 e. The number of benzene rings is 2. The van der Waals surface area contributed by atoms with Crippen molar-refractivity contribution in [2.75, 3.05) is 19.5 Å². The molecule has 0 unspecified atom stereocenters. The van der Waals surface area contributed by atoms with Gasteiger partial charge in [-0.05, 0) is 18.2 Å². The maximum absolute atomic E-state index is 11.0. The van der Waals surface area contributed by atoms with E-state index in [1.807, 2.05) is 18.2 Å². The molecular weight excluding hydrogens is 270 g/mol. The van der Waals surface area contributed by atoms with Gasteiger partial charge in [0.05, 0.1) is 34.1 Å². The molecule has 0 radical (unpaired) electrons. The third-order valence-electron chi connectivity index (χ3n) is 3.43. The standard InChI is InChI=1S/C15H13N3O3/c1-16-15-10-8-9(18(19)20)6-7-11(10)17-12-4-3-5-13(21-2)14(12)15/h3-8H,1-2H3,(H,16,17). The zero-order valence-corrected chi connectivity index (χ0v) is 11.6. The van der Waals surface area contributed by atoms with Crippen LogP contribution in [0.5, 0.6) is 5.75 Å². The molecule has 1 aromatic heterocycles. The van der Waals surface area contributed by atoms with E-state index in [1.165, 1.54) is 12.1 Å². The fraction of sp³-hybridized carbons (Fsp3) is 0.133. The van der Waals surface area contributed by atoms with Gasteiger partial charge in [-0.15, -0.1) is 0 Å². The van der Waals surface area contributed by atoms with Crippen LogP contribution >= 0.6 is 0 Å². The van der Waals surface area contributed by atoms with E-state index in [1.54, 1.807) is 20.2 Å². The number of nitrogens with one attached hydrogen (secondary N) is 1. The topological polar surface area (TPSA) is 77.3 Å². The van der Waals surface area contributed by atoms with Gasteiger partial charge < -0.3 is 10.1 Å². The van der Waals surface area contributed by atoms with Crippen molar-refractivity contribution in [2.45, 2.75) is 0 Å². The number of ether oxygens (including phenoxy) is 1. The highest BCUT2D eigenvalue weighted by Gasteiger charge is 2.15. The van der Waals surface area contributed by atoms with E-state index in [0.29, 0.717) is 16.7 Å². The Bertz CT molecular complexity index is 862. The van der Waals surface area contributed by atoms with Gasteiger partial charge >= 0.3 is 0 Å². The quantitative estimate of drug-likeness (QED) is 0.453. The predicted octanol–water partition coefficient (Wildman–Crippen LogP) is 3.35. The van der Waals surface area contributed by atoms with Crippen LogP contribution in [0.2, 0.25) is 0 Å². The lowest BCUT2D eigenvalue weighted by Crippen LogP contribution is -1.97. The van der Waals surface area contributed by atoms with Crippen LogP contribution in [0.1, 0.15) is 0 Å². The summed E-state index contributed by atoms with van der Waals surface area (Å²) in [6.45, 7) is 0. The zero-order chi connectivity index (χ0) is 15.0. The molecule has 0 aliphatic rings. The fourth-order valence-electron chi connectivity index (χ4n) is 2.49. The highest BCUT2D eigenvalue weighted by atomic mass is 16.6. The largest absolute Gasteiger partial charge is 0.496 e. The molecule has 3 rings (SSSR count). The second-order valence-corrected chi connectivity index (χ2v) is 4.55. The number of hydrogen-bond acceptors (Lipinski definition) is 5. The molecule has 0 aliphatic carbocycles. The SMILES string of the molecule is CNc1c2cc([N+](=O)[O-])ccc2nc2cccc(OC)c12. The summed E-state index contributed by atoms with van der Waals surface area (Å²) in [5.74, 6) is 0.678. The van der Waals surface area contributed by atoms with E-state index < -0.39 is 4.92 Å².